The zero-order valence-electron chi connectivity index (χ0n) is 10.9. The van der Waals surface area contributed by atoms with E-state index in [2.05, 4.69) is 29.0 Å². The maximum absolute atomic E-state index is 5.81. The minimum atomic E-state index is 0.854. The van der Waals surface area contributed by atoms with Crippen LogP contribution in [-0.2, 0) is 6.54 Å². The first-order chi connectivity index (χ1) is 8.83. The zero-order valence-corrected chi connectivity index (χ0v) is 10.9. The molecule has 2 aromatic rings. The molecule has 1 aliphatic rings. The molecule has 2 nitrogen and oxygen atoms in total. The summed E-state index contributed by atoms with van der Waals surface area (Å²) in [6.07, 6.45) is 10.7. The molecule has 0 unspecified atom stereocenters. The summed E-state index contributed by atoms with van der Waals surface area (Å²) in [5, 5.41) is 1.26. The maximum atomic E-state index is 5.81. The van der Waals surface area contributed by atoms with Crippen molar-refractivity contribution in [1.82, 2.24) is 4.57 Å². The Kier molecular flexibility index (Phi) is 3.26. The molecule has 0 amide bonds. The van der Waals surface area contributed by atoms with Crippen LogP contribution in [0.3, 0.4) is 0 Å². The molecule has 0 atom stereocenters. The molecule has 96 valence electrons. The second-order valence-corrected chi connectivity index (χ2v) is 5.62. The number of nitrogens with two attached hydrogens (primary N) is 1. The van der Waals surface area contributed by atoms with Crippen LogP contribution in [0.4, 0.5) is 5.69 Å². The van der Waals surface area contributed by atoms with Crippen molar-refractivity contribution in [3.8, 4) is 0 Å². The number of aryl methyl sites for hydroxylation is 1. The maximum Gasteiger partial charge on any atom is 0.0481 e. The van der Waals surface area contributed by atoms with E-state index in [0.29, 0.717) is 0 Å². The molecule has 0 spiro atoms. The summed E-state index contributed by atoms with van der Waals surface area (Å²) < 4.78 is 2.38. The Morgan fingerprint density at radius 1 is 1.11 bits per heavy atom. The summed E-state index contributed by atoms with van der Waals surface area (Å²) in [5.74, 6) is 0.949. The lowest BCUT2D eigenvalue weighted by Gasteiger charge is -2.21. The van der Waals surface area contributed by atoms with Gasteiger partial charge in [0.2, 0.25) is 0 Å². The summed E-state index contributed by atoms with van der Waals surface area (Å²) in [6.45, 7) is 1.15. The second-order valence-electron chi connectivity index (χ2n) is 5.62. The van der Waals surface area contributed by atoms with Crippen molar-refractivity contribution < 1.29 is 0 Å². The summed E-state index contributed by atoms with van der Waals surface area (Å²) in [4.78, 5) is 0. The Hall–Kier alpha value is -1.44. The van der Waals surface area contributed by atoms with Gasteiger partial charge in [-0.3, -0.25) is 0 Å². The highest BCUT2D eigenvalue weighted by molar-refractivity contribution is 5.83. The van der Waals surface area contributed by atoms with Crippen molar-refractivity contribution in [2.24, 2.45) is 5.92 Å². The summed E-state index contributed by atoms with van der Waals surface area (Å²) in [5.41, 5.74) is 7.99. The van der Waals surface area contributed by atoms with E-state index in [-0.39, 0.29) is 0 Å². The van der Waals surface area contributed by atoms with Gasteiger partial charge in [-0.25, -0.2) is 0 Å². The van der Waals surface area contributed by atoms with E-state index in [0.717, 1.165) is 18.2 Å². The Labute approximate surface area is 109 Å². The number of nitrogens with zero attached hydrogens (tertiary/aromatic N) is 1. The lowest BCUT2D eigenvalue weighted by Crippen LogP contribution is -2.09. The van der Waals surface area contributed by atoms with Gasteiger partial charge in [-0.15, -0.1) is 0 Å². The Morgan fingerprint density at radius 3 is 2.78 bits per heavy atom. The molecule has 2 heteroatoms. The van der Waals surface area contributed by atoms with Crippen molar-refractivity contribution in [3.05, 3.63) is 30.5 Å². The highest BCUT2D eigenvalue weighted by Gasteiger charge is 2.13. The van der Waals surface area contributed by atoms with Crippen molar-refractivity contribution in [2.75, 3.05) is 5.73 Å². The lowest BCUT2D eigenvalue weighted by molar-refractivity contribution is 0.325. The molecule has 1 aromatic carbocycles. The predicted molar refractivity (Wildman–Crippen MR) is 77.5 cm³/mol. The number of aromatic nitrogens is 1. The molecule has 18 heavy (non-hydrogen) atoms. The number of hydrogen-bond donors (Lipinski definition) is 1. The van der Waals surface area contributed by atoms with Gasteiger partial charge in [-0.2, -0.15) is 0 Å². The average Bonchev–Trinajstić information content (AvgIpc) is 2.80. The Balaban J connectivity index is 1.70. The largest absolute Gasteiger partial charge is 0.399 e. The molecule has 0 bridgehead atoms. The highest BCUT2D eigenvalue weighted by Crippen LogP contribution is 2.27. The topological polar surface area (TPSA) is 30.9 Å². The number of rotatable bonds is 3. The number of hydrogen-bond acceptors (Lipinski definition) is 1. The molecule has 0 saturated heterocycles. The second kappa shape index (κ2) is 5.05. The summed E-state index contributed by atoms with van der Waals surface area (Å²) >= 11 is 0. The van der Waals surface area contributed by atoms with Gasteiger partial charge < -0.3 is 10.3 Å². The van der Waals surface area contributed by atoms with E-state index in [4.69, 9.17) is 5.73 Å². The smallest absolute Gasteiger partial charge is 0.0481 e. The van der Waals surface area contributed by atoms with E-state index in [1.165, 1.54) is 49.4 Å². The fraction of sp³-hybridized carbons (Fsp3) is 0.500. The van der Waals surface area contributed by atoms with E-state index in [1.807, 2.05) is 6.07 Å². The van der Waals surface area contributed by atoms with Crippen LogP contribution in [0.15, 0.2) is 30.5 Å². The van der Waals surface area contributed by atoms with Crippen molar-refractivity contribution in [3.63, 3.8) is 0 Å². The monoisotopic (exact) mass is 242 g/mol. The highest BCUT2D eigenvalue weighted by atomic mass is 14.9. The van der Waals surface area contributed by atoms with Crippen LogP contribution in [0.1, 0.15) is 38.5 Å². The fourth-order valence-electron chi connectivity index (χ4n) is 3.21. The molecular formula is C16H22N2. The average molecular weight is 242 g/mol. The Morgan fingerprint density at radius 2 is 1.94 bits per heavy atom. The number of anilines is 1. The van der Waals surface area contributed by atoms with Gasteiger partial charge in [0, 0.05) is 29.3 Å². The number of fused-ring (bicyclic) bond motifs is 1. The molecule has 1 fully saturated rings. The van der Waals surface area contributed by atoms with Gasteiger partial charge in [0.1, 0.15) is 0 Å². The molecule has 0 aliphatic heterocycles. The zero-order chi connectivity index (χ0) is 12.4. The van der Waals surface area contributed by atoms with Crippen molar-refractivity contribution in [1.29, 1.82) is 0 Å². The van der Waals surface area contributed by atoms with Crippen LogP contribution in [-0.4, -0.2) is 4.57 Å². The number of nitrogen functional groups attached to an aromatic ring is 1. The molecule has 0 radical (unpaired) electrons. The summed E-state index contributed by atoms with van der Waals surface area (Å²) in [7, 11) is 0. The van der Waals surface area contributed by atoms with Crippen LogP contribution in [0.25, 0.3) is 10.9 Å². The van der Waals surface area contributed by atoms with E-state index >= 15 is 0 Å². The quantitative estimate of drug-likeness (QED) is 0.804. The standard InChI is InChI=1S/C16H22N2/c17-15-6-7-16-14(12-15)9-11-18(16)10-8-13-4-2-1-3-5-13/h6-7,9,11-13H,1-5,8,10,17H2. The van der Waals surface area contributed by atoms with Crippen LogP contribution in [0.5, 0.6) is 0 Å². The first-order valence-corrected chi connectivity index (χ1v) is 7.17. The molecular weight excluding hydrogens is 220 g/mol. The lowest BCUT2D eigenvalue weighted by atomic mass is 9.87. The molecule has 1 aliphatic carbocycles. The fourth-order valence-corrected chi connectivity index (χ4v) is 3.21. The molecule has 1 saturated carbocycles. The van der Waals surface area contributed by atoms with Gasteiger partial charge in [0.15, 0.2) is 0 Å². The van der Waals surface area contributed by atoms with Crippen LogP contribution < -0.4 is 5.73 Å². The third-order valence-electron chi connectivity index (χ3n) is 4.30. The van der Waals surface area contributed by atoms with Gasteiger partial charge in [-0.05, 0) is 36.6 Å². The Bertz CT molecular complexity index is 521. The van der Waals surface area contributed by atoms with Gasteiger partial charge in [0.05, 0.1) is 0 Å². The van der Waals surface area contributed by atoms with Gasteiger partial charge in [-0.1, -0.05) is 32.1 Å². The van der Waals surface area contributed by atoms with Gasteiger partial charge in [0.25, 0.3) is 0 Å². The SMILES string of the molecule is Nc1ccc2c(ccn2CCC2CCCCC2)c1. The first-order valence-electron chi connectivity index (χ1n) is 7.17. The van der Waals surface area contributed by atoms with E-state index < -0.39 is 0 Å². The van der Waals surface area contributed by atoms with Crippen LogP contribution in [0.2, 0.25) is 0 Å². The molecule has 1 heterocycles. The minimum Gasteiger partial charge on any atom is -0.399 e. The van der Waals surface area contributed by atoms with Gasteiger partial charge >= 0.3 is 0 Å². The molecule has 3 rings (SSSR count). The van der Waals surface area contributed by atoms with Crippen LogP contribution in [0, 0.1) is 5.92 Å². The minimum absolute atomic E-state index is 0.854. The molecule has 1 aromatic heterocycles. The normalized spacial score (nSPS) is 17.3. The van der Waals surface area contributed by atoms with E-state index in [9.17, 15) is 0 Å². The van der Waals surface area contributed by atoms with Crippen molar-refractivity contribution in [2.45, 2.75) is 45.1 Å². The number of benzene rings is 1. The third-order valence-corrected chi connectivity index (χ3v) is 4.30. The predicted octanol–water partition coefficient (Wildman–Crippen LogP) is 4.19. The third kappa shape index (κ3) is 2.38. The van der Waals surface area contributed by atoms with Crippen LogP contribution >= 0.6 is 0 Å². The van der Waals surface area contributed by atoms with E-state index in [1.54, 1.807) is 0 Å². The van der Waals surface area contributed by atoms with Crippen molar-refractivity contribution >= 4 is 16.6 Å². The first kappa shape index (κ1) is 11.6. The summed E-state index contributed by atoms with van der Waals surface area (Å²) in [6, 6.07) is 8.38. The molecule has 2 N–H and O–H groups in total.